The van der Waals surface area contributed by atoms with Crippen molar-refractivity contribution in [2.75, 3.05) is 66.1 Å². The van der Waals surface area contributed by atoms with Gasteiger partial charge < -0.3 is 15.0 Å². The molecule has 17 heavy (non-hydrogen) atoms. The van der Waals surface area contributed by atoms with Crippen LogP contribution in [0.5, 0.6) is 0 Å². The van der Waals surface area contributed by atoms with Crippen molar-refractivity contribution in [2.45, 2.75) is 19.8 Å². The summed E-state index contributed by atoms with van der Waals surface area (Å²) in [6.07, 6.45) is 2.39. The minimum Gasteiger partial charge on any atom is -0.385 e. The first-order valence-electron chi connectivity index (χ1n) is 7.01. The minimum absolute atomic E-state index is 0.864. The lowest BCUT2D eigenvalue weighted by molar-refractivity contribution is 0.133. The number of methoxy groups -OCH3 is 1. The molecular weight excluding hydrogens is 214 g/mol. The Morgan fingerprint density at radius 2 is 1.65 bits per heavy atom. The maximum Gasteiger partial charge on any atom is 0.0474 e. The van der Waals surface area contributed by atoms with Crippen molar-refractivity contribution < 1.29 is 4.74 Å². The molecular formula is C13H29N3O. The lowest BCUT2D eigenvalue weighted by Gasteiger charge is -2.34. The third kappa shape index (κ3) is 6.99. The highest BCUT2D eigenvalue weighted by Gasteiger charge is 2.14. The van der Waals surface area contributed by atoms with Gasteiger partial charge in [-0.3, -0.25) is 4.90 Å². The molecule has 4 heteroatoms. The van der Waals surface area contributed by atoms with E-state index in [4.69, 9.17) is 4.74 Å². The van der Waals surface area contributed by atoms with Crippen LogP contribution in [0.4, 0.5) is 0 Å². The Morgan fingerprint density at radius 3 is 2.24 bits per heavy atom. The van der Waals surface area contributed by atoms with Crippen LogP contribution in [-0.4, -0.2) is 75.9 Å². The van der Waals surface area contributed by atoms with E-state index in [2.05, 4.69) is 22.0 Å². The van der Waals surface area contributed by atoms with Gasteiger partial charge in [-0.1, -0.05) is 6.92 Å². The number of nitrogens with one attached hydrogen (secondary N) is 1. The van der Waals surface area contributed by atoms with Crippen LogP contribution in [0, 0.1) is 0 Å². The third-order valence-corrected chi connectivity index (χ3v) is 3.31. The summed E-state index contributed by atoms with van der Waals surface area (Å²) in [5.41, 5.74) is 0. The molecule has 0 aromatic rings. The molecule has 1 aliphatic rings. The van der Waals surface area contributed by atoms with Crippen LogP contribution >= 0.6 is 0 Å². The molecule has 0 aliphatic carbocycles. The smallest absolute Gasteiger partial charge is 0.0474 e. The number of nitrogens with zero attached hydrogens (tertiary/aromatic N) is 2. The van der Waals surface area contributed by atoms with Crippen molar-refractivity contribution in [1.29, 1.82) is 0 Å². The molecule has 1 aliphatic heterocycles. The second-order valence-corrected chi connectivity index (χ2v) is 4.78. The molecule has 0 amide bonds. The quantitative estimate of drug-likeness (QED) is 0.602. The first kappa shape index (κ1) is 14.9. The van der Waals surface area contributed by atoms with E-state index in [9.17, 15) is 0 Å². The molecule has 0 aromatic heterocycles. The van der Waals surface area contributed by atoms with Crippen molar-refractivity contribution in [2.24, 2.45) is 0 Å². The molecule has 102 valence electrons. The van der Waals surface area contributed by atoms with Crippen LogP contribution in [-0.2, 0) is 4.74 Å². The van der Waals surface area contributed by atoms with Gasteiger partial charge in [-0.25, -0.2) is 0 Å². The molecule has 1 fully saturated rings. The summed E-state index contributed by atoms with van der Waals surface area (Å²) in [6, 6.07) is 0. The molecule has 0 aromatic carbocycles. The van der Waals surface area contributed by atoms with Gasteiger partial charge in [0.15, 0.2) is 0 Å². The number of hydrogen-bond donors (Lipinski definition) is 1. The number of ether oxygens (including phenoxy) is 1. The SMILES string of the molecule is CCCN1CCN(CCNCCCOC)CC1. The van der Waals surface area contributed by atoms with Gasteiger partial charge in [0.05, 0.1) is 0 Å². The molecule has 0 saturated carbocycles. The molecule has 0 atom stereocenters. The summed E-state index contributed by atoms with van der Waals surface area (Å²) in [5, 5.41) is 3.47. The number of hydrogen-bond acceptors (Lipinski definition) is 4. The van der Waals surface area contributed by atoms with E-state index in [0.29, 0.717) is 0 Å². The maximum atomic E-state index is 5.02. The number of piperazine rings is 1. The summed E-state index contributed by atoms with van der Waals surface area (Å²) >= 11 is 0. The highest BCUT2D eigenvalue weighted by molar-refractivity contribution is 4.71. The Kier molecular flexibility index (Phi) is 8.61. The summed E-state index contributed by atoms with van der Waals surface area (Å²) in [4.78, 5) is 5.14. The van der Waals surface area contributed by atoms with Crippen LogP contribution in [0.3, 0.4) is 0 Å². The zero-order valence-electron chi connectivity index (χ0n) is 11.6. The Labute approximate surface area is 106 Å². The highest BCUT2D eigenvalue weighted by Crippen LogP contribution is 2.01. The summed E-state index contributed by atoms with van der Waals surface area (Å²) < 4.78 is 5.02. The maximum absolute atomic E-state index is 5.02. The second-order valence-electron chi connectivity index (χ2n) is 4.78. The van der Waals surface area contributed by atoms with E-state index in [0.717, 1.165) is 26.1 Å². The molecule has 0 unspecified atom stereocenters. The third-order valence-electron chi connectivity index (χ3n) is 3.31. The fourth-order valence-corrected chi connectivity index (χ4v) is 2.26. The molecule has 1 heterocycles. The zero-order chi connectivity index (χ0) is 12.3. The topological polar surface area (TPSA) is 27.7 Å². The molecule has 1 saturated heterocycles. The van der Waals surface area contributed by atoms with Crippen molar-refractivity contribution in [3.05, 3.63) is 0 Å². The fraction of sp³-hybridized carbons (Fsp3) is 1.00. The first-order chi connectivity index (χ1) is 8.36. The summed E-state index contributed by atoms with van der Waals surface area (Å²) in [6.45, 7) is 12.7. The Balaban J connectivity index is 1.91. The van der Waals surface area contributed by atoms with Gasteiger partial charge in [0, 0.05) is 53.0 Å². The predicted octanol–water partition coefficient (Wildman–Crippen LogP) is 0.640. The van der Waals surface area contributed by atoms with E-state index >= 15 is 0 Å². The molecule has 0 spiro atoms. The molecule has 0 bridgehead atoms. The van der Waals surface area contributed by atoms with E-state index in [-0.39, 0.29) is 0 Å². The van der Waals surface area contributed by atoms with E-state index in [1.807, 2.05) is 0 Å². The normalized spacial score (nSPS) is 18.7. The second kappa shape index (κ2) is 9.83. The van der Waals surface area contributed by atoms with Gasteiger partial charge >= 0.3 is 0 Å². The highest BCUT2D eigenvalue weighted by atomic mass is 16.5. The molecule has 4 nitrogen and oxygen atoms in total. The lowest BCUT2D eigenvalue weighted by Crippen LogP contribution is -2.48. The van der Waals surface area contributed by atoms with E-state index < -0.39 is 0 Å². The van der Waals surface area contributed by atoms with Crippen LogP contribution in [0.15, 0.2) is 0 Å². The zero-order valence-corrected chi connectivity index (χ0v) is 11.6. The average molecular weight is 243 g/mol. The van der Waals surface area contributed by atoms with Gasteiger partial charge in [0.2, 0.25) is 0 Å². The van der Waals surface area contributed by atoms with Crippen molar-refractivity contribution in [1.82, 2.24) is 15.1 Å². The molecule has 1 rings (SSSR count). The lowest BCUT2D eigenvalue weighted by atomic mass is 10.3. The average Bonchev–Trinajstić information content (AvgIpc) is 2.36. The van der Waals surface area contributed by atoms with Gasteiger partial charge in [-0.2, -0.15) is 0 Å². The van der Waals surface area contributed by atoms with Crippen molar-refractivity contribution >= 4 is 0 Å². The monoisotopic (exact) mass is 243 g/mol. The minimum atomic E-state index is 0.864. The van der Waals surface area contributed by atoms with Gasteiger partial charge in [-0.05, 0) is 25.9 Å². The van der Waals surface area contributed by atoms with E-state index in [1.165, 1.54) is 45.7 Å². The Morgan fingerprint density at radius 1 is 1.00 bits per heavy atom. The summed E-state index contributed by atoms with van der Waals surface area (Å²) in [5.74, 6) is 0. The Hall–Kier alpha value is -0.160. The van der Waals surface area contributed by atoms with Crippen LogP contribution < -0.4 is 5.32 Å². The van der Waals surface area contributed by atoms with Gasteiger partial charge in [0.1, 0.15) is 0 Å². The van der Waals surface area contributed by atoms with Gasteiger partial charge in [-0.15, -0.1) is 0 Å². The van der Waals surface area contributed by atoms with Crippen LogP contribution in [0.2, 0.25) is 0 Å². The predicted molar refractivity (Wildman–Crippen MR) is 72.5 cm³/mol. The van der Waals surface area contributed by atoms with Crippen LogP contribution in [0.25, 0.3) is 0 Å². The van der Waals surface area contributed by atoms with Crippen LogP contribution in [0.1, 0.15) is 19.8 Å². The molecule has 0 radical (unpaired) electrons. The van der Waals surface area contributed by atoms with Crippen molar-refractivity contribution in [3.63, 3.8) is 0 Å². The Bertz CT molecular complexity index is 170. The van der Waals surface area contributed by atoms with Crippen molar-refractivity contribution in [3.8, 4) is 0 Å². The standard InChI is InChI=1S/C13H29N3O/c1-3-7-15-9-11-16(12-10-15)8-6-14-5-4-13-17-2/h14H,3-13H2,1-2H3. The first-order valence-corrected chi connectivity index (χ1v) is 7.01. The summed E-state index contributed by atoms with van der Waals surface area (Å²) in [7, 11) is 1.76. The molecule has 1 N–H and O–H groups in total. The largest absolute Gasteiger partial charge is 0.385 e. The fourth-order valence-electron chi connectivity index (χ4n) is 2.26. The van der Waals surface area contributed by atoms with Gasteiger partial charge in [0.25, 0.3) is 0 Å². The van der Waals surface area contributed by atoms with E-state index in [1.54, 1.807) is 7.11 Å². The number of rotatable bonds is 9.